The highest BCUT2D eigenvalue weighted by Gasteiger charge is 2.24. The van der Waals surface area contributed by atoms with Gasteiger partial charge in [-0.1, -0.05) is 6.07 Å². The number of aliphatic imine (C=N–C) groups is 1. The van der Waals surface area contributed by atoms with E-state index in [2.05, 4.69) is 33.2 Å². The van der Waals surface area contributed by atoms with Crippen LogP contribution >= 0.6 is 24.0 Å². The molecule has 9 heteroatoms. The van der Waals surface area contributed by atoms with Gasteiger partial charge in [-0.2, -0.15) is 0 Å². The van der Waals surface area contributed by atoms with Gasteiger partial charge in [-0.05, 0) is 31.9 Å². The molecule has 0 aliphatic carbocycles. The standard InChI is InChI=1S/C21H32N6O2.HI/c1-4-22-21(26-9-7-19(15-26)16-29-12-11-28-3)25-14-18-5-6-20(24-13-18)27-10-8-23-17(27)2;/h5-6,8,10,13,19H,4,7,9,11-12,14-16H2,1-3H3,(H,22,25);1H. The molecule has 2 aromatic heterocycles. The number of nitrogens with one attached hydrogen (secondary N) is 1. The maximum atomic E-state index is 5.70. The van der Waals surface area contributed by atoms with Crippen LogP contribution < -0.4 is 5.32 Å². The minimum absolute atomic E-state index is 0. The van der Waals surface area contributed by atoms with Gasteiger partial charge in [0.05, 0.1) is 26.4 Å². The summed E-state index contributed by atoms with van der Waals surface area (Å²) >= 11 is 0. The van der Waals surface area contributed by atoms with E-state index in [1.807, 2.05) is 30.0 Å². The molecule has 1 aliphatic rings. The van der Waals surface area contributed by atoms with Crippen LogP contribution in [-0.4, -0.2) is 72.0 Å². The van der Waals surface area contributed by atoms with Gasteiger partial charge in [0.2, 0.25) is 0 Å². The van der Waals surface area contributed by atoms with Gasteiger partial charge >= 0.3 is 0 Å². The molecular weight excluding hydrogens is 495 g/mol. The van der Waals surface area contributed by atoms with E-state index in [4.69, 9.17) is 14.5 Å². The van der Waals surface area contributed by atoms with Crippen LogP contribution in [0.25, 0.3) is 5.82 Å². The number of hydrogen-bond donors (Lipinski definition) is 1. The number of aryl methyl sites for hydroxylation is 1. The third kappa shape index (κ3) is 6.92. The summed E-state index contributed by atoms with van der Waals surface area (Å²) in [5.41, 5.74) is 1.08. The number of hydrogen-bond acceptors (Lipinski definition) is 5. The van der Waals surface area contributed by atoms with Crippen molar-refractivity contribution in [3.05, 3.63) is 42.1 Å². The molecule has 0 amide bonds. The number of likely N-dealkylation sites (tertiary alicyclic amines) is 1. The Morgan fingerprint density at radius 3 is 2.83 bits per heavy atom. The number of nitrogens with zero attached hydrogens (tertiary/aromatic N) is 5. The minimum atomic E-state index is 0. The lowest BCUT2D eigenvalue weighted by molar-refractivity contribution is 0.0536. The van der Waals surface area contributed by atoms with Gasteiger partial charge in [0.25, 0.3) is 0 Å². The number of rotatable bonds is 9. The zero-order valence-electron chi connectivity index (χ0n) is 18.1. The second-order valence-corrected chi connectivity index (χ2v) is 7.21. The van der Waals surface area contributed by atoms with Gasteiger partial charge in [-0.25, -0.2) is 15.0 Å². The van der Waals surface area contributed by atoms with E-state index in [9.17, 15) is 0 Å². The van der Waals surface area contributed by atoms with Gasteiger partial charge in [0, 0.05) is 51.3 Å². The largest absolute Gasteiger partial charge is 0.382 e. The van der Waals surface area contributed by atoms with E-state index in [-0.39, 0.29) is 24.0 Å². The Hall–Kier alpha value is -1.72. The third-order valence-corrected chi connectivity index (χ3v) is 5.00. The summed E-state index contributed by atoms with van der Waals surface area (Å²) in [5.74, 6) is 3.29. The van der Waals surface area contributed by atoms with E-state index in [1.165, 1.54) is 0 Å². The van der Waals surface area contributed by atoms with Gasteiger partial charge in [0.15, 0.2) is 5.96 Å². The lowest BCUT2D eigenvalue weighted by atomic mass is 10.1. The van der Waals surface area contributed by atoms with E-state index in [0.717, 1.165) is 55.8 Å². The van der Waals surface area contributed by atoms with E-state index in [0.29, 0.717) is 25.7 Å². The van der Waals surface area contributed by atoms with Crippen molar-refractivity contribution < 1.29 is 9.47 Å². The minimum Gasteiger partial charge on any atom is -0.382 e. The number of ether oxygens (including phenoxy) is 2. The molecular formula is C21H33IN6O2. The van der Waals surface area contributed by atoms with Crippen LogP contribution in [0.5, 0.6) is 0 Å². The predicted molar refractivity (Wildman–Crippen MR) is 129 cm³/mol. The van der Waals surface area contributed by atoms with Crippen LogP contribution in [0.15, 0.2) is 35.7 Å². The first kappa shape index (κ1) is 24.5. The maximum absolute atomic E-state index is 5.70. The SMILES string of the molecule is CCNC(=NCc1ccc(-n2ccnc2C)nc1)N1CCC(COCCOC)C1.I. The lowest BCUT2D eigenvalue weighted by Crippen LogP contribution is -2.40. The van der Waals surface area contributed by atoms with Crippen molar-refractivity contribution in [3.8, 4) is 5.82 Å². The zero-order valence-corrected chi connectivity index (χ0v) is 20.4. The molecule has 0 saturated carbocycles. The zero-order chi connectivity index (χ0) is 20.5. The lowest BCUT2D eigenvalue weighted by Gasteiger charge is -2.21. The van der Waals surface area contributed by atoms with Crippen molar-refractivity contribution in [2.45, 2.75) is 26.8 Å². The Kier molecular flexibility index (Phi) is 10.5. The van der Waals surface area contributed by atoms with Gasteiger partial charge in [0.1, 0.15) is 11.6 Å². The Morgan fingerprint density at radius 2 is 2.17 bits per heavy atom. The summed E-state index contributed by atoms with van der Waals surface area (Å²) in [6.45, 7) is 9.56. The molecule has 1 fully saturated rings. The number of guanidine groups is 1. The first-order valence-electron chi connectivity index (χ1n) is 10.3. The normalized spacial score (nSPS) is 16.6. The van der Waals surface area contributed by atoms with Crippen molar-refractivity contribution in [1.29, 1.82) is 0 Å². The van der Waals surface area contributed by atoms with E-state index < -0.39 is 0 Å². The summed E-state index contributed by atoms with van der Waals surface area (Å²) in [6, 6.07) is 4.08. The number of pyridine rings is 1. The van der Waals surface area contributed by atoms with Crippen molar-refractivity contribution in [2.24, 2.45) is 10.9 Å². The van der Waals surface area contributed by atoms with E-state index in [1.54, 1.807) is 13.3 Å². The van der Waals surface area contributed by atoms with Crippen LogP contribution in [-0.2, 0) is 16.0 Å². The molecule has 2 aromatic rings. The Labute approximate surface area is 196 Å². The quantitative estimate of drug-likeness (QED) is 0.234. The van der Waals surface area contributed by atoms with Crippen LogP contribution in [0, 0.1) is 12.8 Å². The van der Waals surface area contributed by atoms with Crippen molar-refractivity contribution in [1.82, 2.24) is 24.8 Å². The molecule has 0 bridgehead atoms. The summed E-state index contributed by atoms with van der Waals surface area (Å²) in [5, 5.41) is 3.42. The molecule has 8 nitrogen and oxygen atoms in total. The van der Waals surface area contributed by atoms with Crippen molar-refractivity contribution in [2.75, 3.05) is 46.6 Å². The van der Waals surface area contributed by atoms with Crippen molar-refractivity contribution >= 4 is 29.9 Å². The second-order valence-electron chi connectivity index (χ2n) is 7.21. The van der Waals surface area contributed by atoms with Gasteiger partial charge in [-0.3, -0.25) is 4.57 Å². The van der Waals surface area contributed by atoms with Crippen LogP contribution in [0.4, 0.5) is 0 Å². The first-order chi connectivity index (χ1) is 14.2. The van der Waals surface area contributed by atoms with Gasteiger partial charge in [-0.15, -0.1) is 24.0 Å². The summed E-state index contributed by atoms with van der Waals surface area (Å²) < 4.78 is 12.7. The molecule has 1 N–H and O–H groups in total. The monoisotopic (exact) mass is 528 g/mol. The average molecular weight is 528 g/mol. The summed E-state index contributed by atoms with van der Waals surface area (Å²) in [4.78, 5) is 16.0. The average Bonchev–Trinajstić information content (AvgIpc) is 3.38. The topological polar surface area (TPSA) is 76.8 Å². The maximum Gasteiger partial charge on any atom is 0.194 e. The number of halogens is 1. The molecule has 3 rings (SSSR count). The predicted octanol–water partition coefficient (Wildman–Crippen LogP) is 2.64. The fraction of sp³-hybridized carbons (Fsp3) is 0.571. The summed E-state index contributed by atoms with van der Waals surface area (Å²) in [6.07, 6.45) is 6.71. The van der Waals surface area contributed by atoms with Crippen LogP contribution in [0.2, 0.25) is 0 Å². The van der Waals surface area contributed by atoms with E-state index >= 15 is 0 Å². The Bertz CT molecular complexity index is 780. The molecule has 0 spiro atoms. The smallest absolute Gasteiger partial charge is 0.194 e. The van der Waals surface area contributed by atoms with Gasteiger partial charge < -0.3 is 19.7 Å². The molecule has 30 heavy (non-hydrogen) atoms. The van der Waals surface area contributed by atoms with Crippen LogP contribution in [0.1, 0.15) is 24.7 Å². The molecule has 0 aromatic carbocycles. The highest BCUT2D eigenvalue weighted by atomic mass is 127. The molecule has 1 saturated heterocycles. The molecule has 166 valence electrons. The molecule has 0 radical (unpaired) electrons. The number of imidazole rings is 1. The Morgan fingerprint density at radius 1 is 1.30 bits per heavy atom. The highest BCUT2D eigenvalue weighted by Crippen LogP contribution is 2.17. The fourth-order valence-corrected chi connectivity index (χ4v) is 3.42. The Balaban J connectivity index is 0.00000320. The first-order valence-corrected chi connectivity index (χ1v) is 10.3. The second kappa shape index (κ2) is 12.9. The highest BCUT2D eigenvalue weighted by molar-refractivity contribution is 14.0. The number of methoxy groups -OCH3 is 1. The molecule has 3 heterocycles. The third-order valence-electron chi connectivity index (χ3n) is 5.00. The summed E-state index contributed by atoms with van der Waals surface area (Å²) in [7, 11) is 1.70. The molecule has 1 atom stereocenters. The number of aromatic nitrogens is 3. The molecule has 1 unspecified atom stereocenters. The molecule has 1 aliphatic heterocycles. The van der Waals surface area contributed by atoms with Crippen LogP contribution in [0.3, 0.4) is 0 Å². The van der Waals surface area contributed by atoms with Crippen molar-refractivity contribution in [3.63, 3.8) is 0 Å². The fourth-order valence-electron chi connectivity index (χ4n) is 3.42.